The molecule has 2 atom stereocenters. The highest BCUT2D eigenvalue weighted by molar-refractivity contribution is 5.98. The lowest BCUT2D eigenvalue weighted by Crippen LogP contribution is -2.59. The Balaban J connectivity index is 1.66. The van der Waals surface area contributed by atoms with Crippen LogP contribution in [0.4, 0.5) is 5.69 Å². The maximum Gasteiger partial charge on any atom is 0.196 e. The number of benzene rings is 1. The number of aliphatic imine (C=N–C) groups is 1. The van der Waals surface area contributed by atoms with Gasteiger partial charge >= 0.3 is 0 Å². The number of nitrogens with zero attached hydrogens (tertiary/aromatic N) is 3. The average molecular weight is 284 g/mol. The molecule has 4 nitrogen and oxygen atoms in total. The van der Waals surface area contributed by atoms with Crippen molar-refractivity contribution in [3.63, 3.8) is 0 Å². The number of hydrogen-bond donors (Lipinski definition) is 1. The predicted octanol–water partition coefficient (Wildman–Crippen LogP) is 2.13. The Morgan fingerprint density at radius 2 is 2.05 bits per heavy atom. The number of fused-ring (bicyclic) bond motifs is 1. The van der Waals surface area contributed by atoms with Crippen molar-refractivity contribution in [3.05, 3.63) is 29.8 Å². The molecule has 0 aliphatic carbocycles. The van der Waals surface area contributed by atoms with E-state index >= 15 is 0 Å². The molecule has 0 saturated carbocycles. The van der Waals surface area contributed by atoms with Gasteiger partial charge in [0, 0.05) is 18.3 Å². The van der Waals surface area contributed by atoms with E-state index in [-0.39, 0.29) is 5.54 Å². The highest BCUT2D eigenvalue weighted by atomic mass is 15.4. The van der Waals surface area contributed by atoms with Crippen LogP contribution >= 0.6 is 0 Å². The molecule has 0 aromatic heterocycles. The van der Waals surface area contributed by atoms with Gasteiger partial charge in [-0.25, -0.2) is 0 Å². The number of nitrogens with two attached hydrogens (primary N) is 1. The second-order valence-corrected chi connectivity index (χ2v) is 6.86. The van der Waals surface area contributed by atoms with Gasteiger partial charge in [0.05, 0.1) is 12.1 Å². The van der Waals surface area contributed by atoms with Crippen LogP contribution in [0, 0.1) is 6.92 Å². The van der Waals surface area contributed by atoms with Crippen LogP contribution < -0.4 is 10.6 Å². The minimum atomic E-state index is 0.116. The monoisotopic (exact) mass is 284 g/mol. The van der Waals surface area contributed by atoms with E-state index in [9.17, 15) is 0 Å². The first-order valence-electron chi connectivity index (χ1n) is 8.09. The molecule has 0 amide bonds. The number of piperidine rings is 1. The SMILES string of the molecule is Cc1ccc(N2C(N)=NCC23CCN2CCCC2C3)cc1. The summed E-state index contributed by atoms with van der Waals surface area (Å²) in [7, 11) is 0. The standard InChI is InChI=1S/C17H24N4/c1-13-4-6-14(7-5-13)21-16(18)19-12-17(21)8-10-20-9-2-3-15(20)11-17/h4-7,15H,2-3,8-12H2,1H3,(H2,18,19). The molecule has 4 rings (SSSR count). The smallest absolute Gasteiger partial charge is 0.196 e. The third-order valence-corrected chi connectivity index (χ3v) is 5.51. The molecule has 1 aromatic rings. The Morgan fingerprint density at radius 1 is 1.24 bits per heavy atom. The van der Waals surface area contributed by atoms with Crippen molar-refractivity contribution < 1.29 is 0 Å². The highest BCUT2D eigenvalue weighted by Gasteiger charge is 2.49. The first-order chi connectivity index (χ1) is 10.2. The number of anilines is 1. The Bertz CT molecular complexity index is 565. The fourth-order valence-electron chi connectivity index (χ4n) is 4.37. The van der Waals surface area contributed by atoms with Gasteiger partial charge in [-0.15, -0.1) is 0 Å². The molecule has 3 aliphatic heterocycles. The van der Waals surface area contributed by atoms with Crippen LogP contribution in [-0.2, 0) is 0 Å². The zero-order valence-corrected chi connectivity index (χ0v) is 12.8. The molecule has 112 valence electrons. The quantitative estimate of drug-likeness (QED) is 0.859. The highest BCUT2D eigenvalue weighted by Crippen LogP contribution is 2.41. The lowest BCUT2D eigenvalue weighted by molar-refractivity contribution is 0.140. The topological polar surface area (TPSA) is 44.9 Å². The van der Waals surface area contributed by atoms with Crippen molar-refractivity contribution in [2.75, 3.05) is 24.5 Å². The van der Waals surface area contributed by atoms with Crippen molar-refractivity contribution >= 4 is 11.6 Å². The molecular formula is C17H24N4. The fraction of sp³-hybridized carbons (Fsp3) is 0.588. The third-order valence-electron chi connectivity index (χ3n) is 5.51. The fourth-order valence-corrected chi connectivity index (χ4v) is 4.37. The summed E-state index contributed by atoms with van der Waals surface area (Å²) in [6.45, 7) is 5.45. The molecule has 2 unspecified atom stereocenters. The van der Waals surface area contributed by atoms with Gasteiger partial charge in [-0.1, -0.05) is 17.7 Å². The maximum atomic E-state index is 6.25. The van der Waals surface area contributed by atoms with Crippen LogP contribution in [0.15, 0.2) is 29.3 Å². The normalized spacial score (nSPS) is 32.5. The molecule has 2 N–H and O–H groups in total. The van der Waals surface area contributed by atoms with Crippen molar-refractivity contribution in [3.8, 4) is 0 Å². The van der Waals surface area contributed by atoms with E-state index in [1.807, 2.05) is 0 Å². The van der Waals surface area contributed by atoms with Gasteiger partial charge in [0.1, 0.15) is 0 Å². The van der Waals surface area contributed by atoms with Crippen molar-refractivity contribution in [2.45, 2.75) is 44.2 Å². The van der Waals surface area contributed by atoms with E-state index in [0.29, 0.717) is 5.96 Å². The minimum absolute atomic E-state index is 0.116. The minimum Gasteiger partial charge on any atom is -0.369 e. The number of rotatable bonds is 1. The first kappa shape index (κ1) is 13.1. The van der Waals surface area contributed by atoms with Crippen LogP contribution in [0.3, 0.4) is 0 Å². The Labute approximate surface area is 126 Å². The predicted molar refractivity (Wildman–Crippen MR) is 86.7 cm³/mol. The average Bonchev–Trinajstić information content (AvgIpc) is 3.06. The second kappa shape index (κ2) is 4.73. The zero-order chi connectivity index (χ0) is 14.4. The number of guanidine groups is 1. The Hall–Kier alpha value is -1.55. The molecule has 1 aromatic carbocycles. The number of aryl methyl sites for hydroxylation is 1. The largest absolute Gasteiger partial charge is 0.369 e. The summed E-state index contributed by atoms with van der Waals surface area (Å²) in [6, 6.07) is 9.43. The Morgan fingerprint density at radius 3 is 2.86 bits per heavy atom. The van der Waals surface area contributed by atoms with Gasteiger partial charge < -0.3 is 15.5 Å². The van der Waals surface area contributed by atoms with Gasteiger partial charge in [-0.3, -0.25) is 4.99 Å². The van der Waals surface area contributed by atoms with Crippen molar-refractivity contribution in [1.82, 2.24) is 4.90 Å². The van der Waals surface area contributed by atoms with Gasteiger partial charge in [0.2, 0.25) is 0 Å². The lowest BCUT2D eigenvalue weighted by Gasteiger charge is -2.47. The molecule has 21 heavy (non-hydrogen) atoms. The molecular weight excluding hydrogens is 260 g/mol. The van der Waals surface area contributed by atoms with E-state index in [4.69, 9.17) is 5.73 Å². The summed E-state index contributed by atoms with van der Waals surface area (Å²) in [5, 5.41) is 0. The summed E-state index contributed by atoms with van der Waals surface area (Å²) in [5.74, 6) is 0.699. The van der Waals surface area contributed by atoms with E-state index in [2.05, 4.69) is 46.0 Å². The molecule has 0 bridgehead atoms. The lowest BCUT2D eigenvalue weighted by atomic mass is 9.82. The zero-order valence-electron chi connectivity index (χ0n) is 12.8. The van der Waals surface area contributed by atoms with E-state index in [0.717, 1.165) is 12.6 Å². The van der Waals surface area contributed by atoms with Crippen molar-refractivity contribution in [2.24, 2.45) is 10.7 Å². The van der Waals surface area contributed by atoms with Gasteiger partial charge in [-0.2, -0.15) is 0 Å². The Kier molecular flexibility index (Phi) is 2.96. The maximum absolute atomic E-state index is 6.25. The second-order valence-electron chi connectivity index (χ2n) is 6.86. The van der Waals surface area contributed by atoms with Crippen LogP contribution in [0.5, 0.6) is 0 Å². The van der Waals surface area contributed by atoms with Gasteiger partial charge in [0.15, 0.2) is 5.96 Å². The third kappa shape index (κ3) is 2.04. The van der Waals surface area contributed by atoms with E-state index < -0.39 is 0 Å². The summed E-state index contributed by atoms with van der Waals surface area (Å²) in [4.78, 5) is 9.59. The molecule has 2 fully saturated rings. The molecule has 4 heteroatoms. The first-order valence-corrected chi connectivity index (χ1v) is 8.09. The summed E-state index contributed by atoms with van der Waals surface area (Å²) < 4.78 is 0. The van der Waals surface area contributed by atoms with E-state index in [1.165, 1.54) is 50.0 Å². The van der Waals surface area contributed by atoms with Crippen LogP contribution in [0.1, 0.15) is 31.2 Å². The van der Waals surface area contributed by atoms with Crippen molar-refractivity contribution in [1.29, 1.82) is 0 Å². The molecule has 1 spiro atoms. The number of hydrogen-bond acceptors (Lipinski definition) is 4. The summed E-state index contributed by atoms with van der Waals surface area (Å²) in [5.41, 5.74) is 8.86. The summed E-state index contributed by atoms with van der Waals surface area (Å²) in [6.07, 6.45) is 5.05. The van der Waals surface area contributed by atoms with Crippen LogP contribution in [0.2, 0.25) is 0 Å². The molecule has 0 radical (unpaired) electrons. The molecule has 3 heterocycles. The van der Waals surface area contributed by atoms with Crippen LogP contribution in [-0.4, -0.2) is 42.1 Å². The van der Waals surface area contributed by atoms with Gasteiger partial charge in [0.25, 0.3) is 0 Å². The summed E-state index contributed by atoms with van der Waals surface area (Å²) >= 11 is 0. The molecule has 2 saturated heterocycles. The van der Waals surface area contributed by atoms with E-state index in [1.54, 1.807) is 0 Å². The van der Waals surface area contributed by atoms with Crippen LogP contribution in [0.25, 0.3) is 0 Å². The molecule has 3 aliphatic rings. The van der Waals surface area contributed by atoms with Gasteiger partial charge in [-0.05, 0) is 51.3 Å².